The molecule has 98 valence electrons. The van der Waals surface area contributed by atoms with Crippen molar-refractivity contribution >= 4 is 12.1 Å². The summed E-state index contributed by atoms with van der Waals surface area (Å²) in [5.41, 5.74) is -0.477. The van der Waals surface area contributed by atoms with Crippen LogP contribution in [0.5, 0.6) is 0 Å². The van der Waals surface area contributed by atoms with E-state index in [4.69, 9.17) is 9.84 Å². The highest BCUT2D eigenvalue weighted by Crippen LogP contribution is 2.35. The third kappa shape index (κ3) is 5.56. The molecule has 0 radical (unpaired) electrons. The lowest BCUT2D eigenvalue weighted by molar-refractivity contribution is -0.139. The van der Waals surface area contributed by atoms with Crippen molar-refractivity contribution in [3.05, 3.63) is 0 Å². The molecule has 0 unspecified atom stereocenters. The number of hydrogen-bond acceptors (Lipinski definition) is 3. The van der Waals surface area contributed by atoms with Crippen LogP contribution in [0.25, 0.3) is 0 Å². The minimum Gasteiger partial charge on any atom is -0.481 e. The molecule has 1 fully saturated rings. The average Bonchev–Trinajstić information content (AvgIpc) is 2.04. The number of nitrogens with one attached hydrogen (secondary N) is 1. The van der Waals surface area contributed by atoms with Crippen molar-refractivity contribution in [2.45, 2.75) is 45.6 Å². The molecule has 0 aromatic carbocycles. The Morgan fingerprint density at radius 2 is 1.88 bits per heavy atom. The summed E-state index contributed by atoms with van der Waals surface area (Å²) in [6.45, 7) is 6.03. The van der Waals surface area contributed by atoms with Gasteiger partial charge in [-0.3, -0.25) is 4.79 Å². The fourth-order valence-corrected chi connectivity index (χ4v) is 2.00. The van der Waals surface area contributed by atoms with E-state index in [9.17, 15) is 9.59 Å². The Morgan fingerprint density at radius 3 is 2.35 bits per heavy atom. The van der Waals surface area contributed by atoms with Gasteiger partial charge in [0, 0.05) is 13.0 Å². The second kappa shape index (κ2) is 5.38. The normalized spacial score (nSPS) is 23.7. The van der Waals surface area contributed by atoms with E-state index < -0.39 is 17.7 Å². The van der Waals surface area contributed by atoms with Gasteiger partial charge in [-0.25, -0.2) is 4.79 Å². The van der Waals surface area contributed by atoms with Crippen molar-refractivity contribution in [2.75, 3.05) is 6.54 Å². The molecular weight excluding hydrogens is 222 g/mol. The molecule has 0 aromatic heterocycles. The third-order valence-electron chi connectivity index (χ3n) is 2.73. The van der Waals surface area contributed by atoms with Crippen molar-refractivity contribution in [3.63, 3.8) is 0 Å². The molecule has 1 aliphatic rings. The molecule has 1 amide bonds. The summed E-state index contributed by atoms with van der Waals surface area (Å²) in [6.07, 6.45) is 1.59. The Labute approximate surface area is 102 Å². The van der Waals surface area contributed by atoms with E-state index in [1.807, 2.05) is 20.8 Å². The van der Waals surface area contributed by atoms with Crippen LogP contribution in [0, 0.1) is 11.8 Å². The summed E-state index contributed by atoms with van der Waals surface area (Å²) in [5.74, 6) is -0.0710. The van der Waals surface area contributed by atoms with Gasteiger partial charge in [0.2, 0.25) is 0 Å². The van der Waals surface area contributed by atoms with Crippen LogP contribution in [-0.2, 0) is 9.53 Å². The number of alkyl carbamates (subject to hydrolysis) is 1. The summed E-state index contributed by atoms with van der Waals surface area (Å²) in [6, 6.07) is 0. The Balaban J connectivity index is 2.10. The standard InChI is InChI=1S/C12H21NO4/c1-12(2,3)17-11(16)13-7-9-4-8(5-9)6-10(14)15/h8-9H,4-7H2,1-3H3,(H,13,16)(H,14,15). The summed E-state index contributed by atoms with van der Waals surface area (Å²) in [7, 11) is 0. The van der Waals surface area contributed by atoms with Gasteiger partial charge in [0.1, 0.15) is 5.60 Å². The topological polar surface area (TPSA) is 75.6 Å². The summed E-state index contributed by atoms with van der Waals surface area (Å²) >= 11 is 0. The molecule has 0 aromatic rings. The molecule has 17 heavy (non-hydrogen) atoms. The maximum atomic E-state index is 11.3. The monoisotopic (exact) mass is 243 g/mol. The van der Waals surface area contributed by atoms with Gasteiger partial charge in [0.05, 0.1) is 0 Å². The summed E-state index contributed by atoms with van der Waals surface area (Å²) < 4.78 is 5.10. The van der Waals surface area contributed by atoms with Gasteiger partial charge in [0.15, 0.2) is 0 Å². The number of hydrogen-bond donors (Lipinski definition) is 2. The lowest BCUT2D eigenvalue weighted by Gasteiger charge is -2.34. The average molecular weight is 243 g/mol. The SMILES string of the molecule is CC(C)(C)OC(=O)NCC1CC(CC(=O)O)C1. The summed E-state index contributed by atoms with van der Waals surface area (Å²) in [5, 5.41) is 11.3. The molecule has 0 bridgehead atoms. The smallest absolute Gasteiger partial charge is 0.407 e. The predicted octanol–water partition coefficient (Wildman–Crippen LogP) is 2.01. The van der Waals surface area contributed by atoms with Gasteiger partial charge in [-0.15, -0.1) is 0 Å². The van der Waals surface area contributed by atoms with Crippen LogP contribution in [0.2, 0.25) is 0 Å². The number of rotatable bonds is 4. The van der Waals surface area contributed by atoms with Crippen LogP contribution >= 0.6 is 0 Å². The van der Waals surface area contributed by atoms with Gasteiger partial charge in [0.25, 0.3) is 0 Å². The molecule has 0 heterocycles. The van der Waals surface area contributed by atoms with Crippen molar-refractivity contribution in [1.29, 1.82) is 0 Å². The van der Waals surface area contributed by atoms with Crippen LogP contribution in [0.3, 0.4) is 0 Å². The van der Waals surface area contributed by atoms with Crippen LogP contribution in [-0.4, -0.2) is 29.3 Å². The molecule has 2 N–H and O–H groups in total. The van der Waals surface area contributed by atoms with E-state index in [1.54, 1.807) is 0 Å². The predicted molar refractivity (Wildman–Crippen MR) is 62.7 cm³/mol. The van der Waals surface area contributed by atoms with Crippen LogP contribution in [0.15, 0.2) is 0 Å². The van der Waals surface area contributed by atoms with E-state index in [0.29, 0.717) is 12.5 Å². The minimum atomic E-state index is -0.742. The zero-order valence-electron chi connectivity index (χ0n) is 10.7. The highest BCUT2D eigenvalue weighted by atomic mass is 16.6. The number of carbonyl (C=O) groups is 2. The van der Waals surface area contributed by atoms with Crippen molar-refractivity contribution < 1.29 is 19.4 Å². The fraction of sp³-hybridized carbons (Fsp3) is 0.833. The van der Waals surface area contributed by atoms with E-state index in [1.165, 1.54) is 0 Å². The van der Waals surface area contributed by atoms with Gasteiger partial charge >= 0.3 is 12.1 Å². The maximum Gasteiger partial charge on any atom is 0.407 e. The lowest BCUT2D eigenvalue weighted by atomic mass is 9.73. The zero-order valence-corrected chi connectivity index (χ0v) is 10.7. The second-order valence-corrected chi connectivity index (χ2v) is 5.68. The number of aliphatic carboxylic acids is 1. The van der Waals surface area contributed by atoms with Gasteiger partial charge in [-0.1, -0.05) is 0 Å². The number of amides is 1. The molecule has 0 atom stereocenters. The highest BCUT2D eigenvalue weighted by molar-refractivity contribution is 5.68. The van der Waals surface area contributed by atoms with Crippen molar-refractivity contribution in [2.24, 2.45) is 11.8 Å². The number of carboxylic acid groups (broad SMARTS) is 1. The molecule has 5 nitrogen and oxygen atoms in total. The largest absolute Gasteiger partial charge is 0.481 e. The lowest BCUT2D eigenvalue weighted by Crippen LogP contribution is -2.39. The van der Waals surface area contributed by atoms with Crippen LogP contribution in [0.1, 0.15) is 40.0 Å². The molecule has 0 spiro atoms. The quantitative estimate of drug-likeness (QED) is 0.792. The van der Waals surface area contributed by atoms with Crippen molar-refractivity contribution in [1.82, 2.24) is 5.32 Å². The fourth-order valence-electron chi connectivity index (χ4n) is 2.00. The molecule has 0 saturated heterocycles. The maximum absolute atomic E-state index is 11.3. The number of carbonyl (C=O) groups excluding carboxylic acids is 1. The minimum absolute atomic E-state index is 0.239. The Kier molecular flexibility index (Phi) is 4.37. The third-order valence-corrected chi connectivity index (χ3v) is 2.73. The first-order valence-corrected chi connectivity index (χ1v) is 5.95. The van der Waals surface area contributed by atoms with Gasteiger partial charge < -0.3 is 15.2 Å². The van der Waals surface area contributed by atoms with Crippen LogP contribution < -0.4 is 5.32 Å². The van der Waals surface area contributed by atoms with Crippen LogP contribution in [0.4, 0.5) is 4.79 Å². The molecule has 5 heteroatoms. The first-order valence-electron chi connectivity index (χ1n) is 5.95. The number of carboxylic acids is 1. The molecule has 1 aliphatic carbocycles. The first kappa shape index (κ1) is 13.8. The van der Waals surface area contributed by atoms with E-state index in [0.717, 1.165) is 12.8 Å². The van der Waals surface area contributed by atoms with Gasteiger partial charge in [-0.05, 0) is 45.4 Å². The van der Waals surface area contributed by atoms with E-state index in [2.05, 4.69) is 5.32 Å². The number of ether oxygens (including phenoxy) is 1. The van der Waals surface area contributed by atoms with E-state index >= 15 is 0 Å². The second-order valence-electron chi connectivity index (χ2n) is 5.68. The molecule has 1 rings (SSSR count). The Hall–Kier alpha value is -1.26. The summed E-state index contributed by atoms with van der Waals surface area (Å²) in [4.78, 5) is 21.8. The Bertz CT molecular complexity index is 289. The van der Waals surface area contributed by atoms with E-state index in [-0.39, 0.29) is 12.3 Å². The van der Waals surface area contributed by atoms with Crippen molar-refractivity contribution in [3.8, 4) is 0 Å². The Morgan fingerprint density at radius 1 is 1.29 bits per heavy atom. The van der Waals surface area contributed by atoms with Gasteiger partial charge in [-0.2, -0.15) is 0 Å². The zero-order chi connectivity index (χ0) is 13.1. The highest BCUT2D eigenvalue weighted by Gasteiger charge is 2.31. The first-order chi connectivity index (χ1) is 7.76. The molecular formula is C12H21NO4. The molecule has 0 aliphatic heterocycles. The molecule has 1 saturated carbocycles.